The van der Waals surface area contributed by atoms with Crippen LogP contribution in [-0.2, 0) is 20.6 Å². The number of aromatic hydroxyl groups is 1. The zero-order chi connectivity index (χ0) is 28.7. The molecule has 3 rings (SSSR count). The van der Waals surface area contributed by atoms with Gasteiger partial charge < -0.3 is 15.2 Å². The molecule has 0 spiro atoms. The first kappa shape index (κ1) is 31.3. The number of phenols is 1. The van der Waals surface area contributed by atoms with E-state index in [1.165, 1.54) is 44.6 Å². The van der Waals surface area contributed by atoms with E-state index in [9.17, 15) is 9.90 Å². The molecule has 0 aliphatic rings. The van der Waals surface area contributed by atoms with E-state index in [4.69, 9.17) is 9.99 Å². The summed E-state index contributed by atoms with van der Waals surface area (Å²) in [5, 5.41) is 36.2. The number of amides is 1. The molecule has 0 radical (unpaired) electrons. The second-order valence-electron chi connectivity index (χ2n) is 9.64. The first-order valence-corrected chi connectivity index (χ1v) is 14.6. The number of carbonyl (C=O) groups is 1. The molecule has 0 atom stereocenters. The number of azo groups is 1. The summed E-state index contributed by atoms with van der Waals surface area (Å²) >= 11 is 0.666. The molecule has 3 N–H and O–H groups in total. The minimum Gasteiger partial charge on any atom is -0.505 e. The van der Waals surface area contributed by atoms with E-state index in [1.54, 1.807) is 24.3 Å². The first-order valence-electron chi connectivity index (χ1n) is 13.9. The van der Waals surface area contributed by atoms with Crippen molar-refractivity contribution in [2.24, 2.45) is 10.2 Å². The second kappa shape index (κ2) is 16.8. The molecule has 1 amide bonds. The highest BCUT2D eigenvalue weighted by Gasteiger charge is 2.16. The number of fused-ring (bicyclic) bond motifs is 1. The Kier molecular flexibility index (Phi) is 13.2. The van der Waals surface area contributed by atoms with Crippen LogP contribution in [0.2, 0.25) is 0 Å². The van der Waals surface area contributed by atoms with Crippen LogP contribution in [0.15, 0.2) is 57.6 Å². The molecule has 0 unspecified atom stereocenters. The van der Waals surface area contributed by atoms with Crippen molar-refractivity contribution in [2.45, 2.75) is 83.5 Å². The number of hydrogen-bond acceptors (Lipinski definition) is 9. The van der Waals surface area contributed by atoms with Crippen LogP contribution in [0.1, 0.15) is 77.7 Å². The van der Waals surface area contributed by atoms with Crippen molar-refractivity contribution >= 4 is 45.8 Å². The Morgan fingerprint density at radius 3 is 2.48 bits per heavy atom. The van der Waals surface area contributed by atoms with Gasteiger partial charge in [0.25, 0.3) is 0 Å². The summed E-state index contributed by atoms with van der Waals surface area (Å²) < 4.78 is 10.7. The zero-order valence-electron chi connectivity index (χ0n) is 23.4. The topological polar surface area (TPSA) is 122 Å². The van der Waals surface area contributed by atoms with Crippen molar-refractivity contribution in [1.82, 2.24) is 0 Å². The van der Waals surface area contributed by atoms with Gasteiger partial charge in [0.15, 0.2) is 5.75 Å². The Bertz CT molecular complexity index is 1280. The summed E-state index contributed by atoms with van der Waals surface area (Å²) in [5.41, 5.74) is 2.43. The Balaban J connectivity index is 1.90. The Hall–Kier alpha value is -3.18. The van der Waals surface area contributed by atoms with E-state index in [1.807, 2.05) is 18.2 Å². The van der Waals surface area contributed by atoms with E-state index in [0.29, 0.717) is 51.4 Å². The third-order valence-corrected chi connectivity index (χ3v) is 7.00. The van der Waals surface area contributed by atoms with Crippen molar-refractivity contribution < 1.29 is 29.3 Å². The van der Waals surface area contributed by atoms with Crippen LogP contribution in [0.4, 0.5) is 17.1 Å². The molecule has 0 heterocycles. The molecular formula is C30H39N3O6S. The van der Waals surface area contributed by atoms with Gasteiger partial charge in [-0.25, -0.2) is 5.26 Å². The van der Waals surface area contributed by atoms with Gasteiger partial charge in [0.2, 0.25) is 5.91 Å². The number of carbonyl (C=O) groups excluding carboxylic acids is 1. The highest BCUT2D eigenvalue weighted by atomic mass is 32.2. The monoisotopic (exact) mass is 569 g/mol. The lowest BCUT2D eigenvalue weighted by Crippen LogP contribution is -2.05. The summed E-state index contributed by atoms with van der Waals surface area (Å²) in [6, 6.07) is 12.7. The number of hydrogen-bond donors (Lipinski definition) is 3. The normalized spacial score (nSPS) is 11.4. The van der Waals surface area contributed by atoms with Gasteiger partial charge >= 0.3 is 0 Å². The maximum Gasteiger partial charge on any atom is 0.221 e. The molecular weight excluding hydrogens is 530 g/mol. The van der Waals surface area contributed by atoms with Crippen LogP contribution in [0.25, 0.3) is 10.8 Å². The van der Waals surface area contributed by atoms with Crippen LogP contribution in [0, 0.1) is 0 Å². The molecule has 0 aliphatic carbocycles. The summed E-state index contributed by atoms with van der Waals surface area (Å²) in [6.07, 6.45) is 10.3. The fourth-order valence-corrected chi connectivity index (χ4v) is 4.79. The molecule has 0 fully saturated rings. The quantitative estimate of drug-likeness (QED) is 0.0486. The number of anilines is 1. The van der Waals surface area contributed by atoms with Crippen LogP contribution < -0.4 is 10.1 Å². The molecule has 9 nitrogen and oxygen atoms in total. The lowest BCUT2D eigenvalue weighted by molar-refractivity contribution is -0.432. The van der Waals surface area contributed by atoms with E-state index in [2.05, 4.69) is 38.8 Å². The Labute approximate surface area is 240 Å². The molecule has 3 aromatic carbocycles. The molecule has 3 aromatic rings. The summed E-state index contributed by atoms with van der Waals surface area (Å²) in [7, 11) is 0. The molecule has 0 bridgehead atoms. The van der Waals surface area contributed by atoms with Crippen molar-refractivity contribution in [3.05, 3.63) is 48.0 Å². The van der Waals surface area contributed by atoms with E-state index in [-0.39, 0.29) is 17.3 Å². The first-order chi connectivity index (χ1) is 19.5. The number of phenolic OH excluding ortho intramolecular Hbond substituents is 1. The summed E-state index contributed by atoms with van der Waals surface area (Å²) in [4.78, 5) is 11.8. The highest BCUT2D eigenvalue weighted by Crippen LogP contribution is 2.45. The van der Waals surface area contributed by atoms with E-state index < -0.39 is 0 Å². The van der Waals surface area contributed by atoms with Crippen molar-refractivity contribution in [1.29, 1.82) is 0 Å². The largest absolute Gasteiger partial charge is 0.505 e. The second-order valence-corrected chi connectivity index (χ2v) is 10.4. The van der Waals surface area contributed by atoms with Crippen LogP contribution in [0.3, 0.4) is 0 Å². The van der Waals surface area contributed by atoms with Gasteiger partial charge in [0.1, 0.15) is 17.1 Å². The Morgan fingerprint density at radius 2 is 1.73 bits per heavy atom. The number of nitrogens with one attached hydrogen (secondary N) is 1. The molecule has 0 saturated heterocycles. The predicted molar refractivity (Wildman–Crippen MR) is 159 cm³/mol. The molecule has 0 saturated carbocycles. The van der Waals surface area contributed by atoms with E-state index in [0.717, 1.165) is 25.7 Å². The van der Waals surface area contributed by atoms with Crippen molar-refractivity contribution in [3.8, 4) is 11.5 Å². The fourth-order valence-electron chi connectivity index (χ4n) is 4.30. The third-order valence-electron chi connectivity index (χ3n) is 6.38. The van der Waals surface area contributed by atoms with Crippen LogP contribution in [0.5, 0.6) is 11.5 Å². The minimum atomic E-state index is -0.212. The van der Waals surface area contributed by atoms with Crippen LogP contribution >= 0.6 is 12.0 Å². The SMILES string of the molecule is CCCCCCCCc1ccc(N=Nc2c(SOOO)cc3cc(NC(C)=O)ccc3c2O)c(OCCCC)c1. The Morgan fingerprint density at radius 1 is 0.950 bits per heavy atom. The fraction of sp³-hybridized carbons (Fsp3) is 0.433. The number of unbranched alkanes of at least 4 members (excludes halogenated alkanes) is 6. The standard InChI is InChI=1S/C30H39N3O6S/c1-4-6-8-9-10-11-12-22-13-16-26(27(18-22)37-17-7-5-2)32-33-29-28(40-39-38-36)20-23-19-24(31-21(3)34)14-15-25(23)30(29)35/h13-16,18-20,35-36H,4-12,17H2,1-3H3,(H,31,34). The maximum atomic E-state index is 11.5. The zero-order valence-corrected chi connectivity index (χ0v) is 24.3. The molecule has 0 aliphatic heterocycles. The van der Waals surface area contributed by atoms with Gasteiger partial charge in [-0.05, 0) is 66.6 Å². The minimum absolute atomic E-state index is 0.132. The average Bonchev–Trinajstić information content (AvgIpc) is 2.94. The number of aryl methyl sites for hydroxylation is 1. The summed E-state index contributed by atoms with van der Waals surface area (Å²) in [6.45, 7) is 6.32. The van der Waals surface area contributed by atoms with Gasteiger partial charge in [0.05, 0.1) is 23.5 Å². The van der Waals surface area contributed by atoms with E-state index >= 15 is 0 Å². The third kappa shape index (κ3) is 9.48. The number of rotatable bonds is 17. The van der Waals surface area contributed by atoms with Gasteiger partial charge in [-0.2, -0.15) is 0 Å². The predicted octanol–water partition coefficient (Wildman–Crippen LogP) is 9.43. The molecule has 216 valence electrons. The maximum absolute atomic E-state index is 11.5. The highest BCUT2D eigenvalue weighted by molar-refractivity contribution is 7.94. The molecule has 40 heavy (non-hydrogen) atoms. The van der Waals surface area contributed by atoms with Crippen molar-refractivity contribution in [2.75, 3.05) is 11.9 Å². The number of benzene rings is 3. The lowest BCUT2D eigenvalue weighted by atomic mass is 10.0. The lowest BCUT2D eigenvalue weighted by Gasteiger charge is -2.12. The van der Waals surface area contributed by atoms with Gasteiger partial charge in [0, 0.05) is 18.0 Å². The average molecular weight is 570 g/mol. The smallest absolute Gasteiger partial charge is 0.221 e. The van der Waals surface area contributed by atoms with Gasteiger partial charge in [-0.1, -0.05) is 63.5 Å². The van der Waals surface area contributed by atoms with Crippen molar-refractivity contribution in [3.63, 3.8) is 0 Å². The van der Waals surface area contributed by atoms with Gasteiger partial charge in [-0.15, -0.1) is 14.6 Å². The number of nitrogens with zero attached hydrogens (tertiary/aromatic N) is 2. The molecule has 10 heteroatoms. The van der Waals surface area contributed by atoms with Crippen LogP contribution in [-0.4, -0.2) is 22.9 Å². The van der Waals surface area contributed by atoms with Gasteiger partial charge in [-0.3, -0.25) is 4.79 Å². The number of ether oxygens (including phenoxy) is 1. The summed E-state index contributed by atoms with van der Waals surface area (Å²) in [5.74, 6) is 0.299. The molecule has 0 aromatic heterocycles.